The first kappa shape index (κ1) is 14.3. The summed E-state index contributed by atoms with van der Waals surface area (Å²) >= 11 is 0. The van der Waals surface area contributed by atoms with Crippen LogP contribution in [-0.4, -0.2) is 16.5 Å². The van der Waals surface area contributed by atoms with Gasteiger partial charge in [-0.05, 0) is 25.5 Å². The molecule has 1 aromatic heterocycles. The number of benzene rings is 1. The summed E-state index contributed by atoms with van der Waals surface area (Å²) in [7, 11) is 1.84. The normalized spacial score (nSPS) is 12.3. The van der Waals surface area contributed by atoms with Gasteiger partial charge < -0.3 is 9.88 Å². The van der Waals surface area contributed by atoms with Gasteiger partial charge in [-0.1, -0.05) is 25.5 Å². The maximum atomic E-state index is 12.4. The molecule has 1 heterocycles. The molecule has 1 amide bonds. The molecular formula is C16H20N2O2. The minimum atomic E-state index is -0.294. The maximum Gasteiger partial charge on any atom is 0.256 e. The lowest BCUT2D eigenvalue weighted by Crippen LogP contribution is -2.35. The summed E-state index contributed by atoms with van der Waals surface area (Å²) in [5, 5.41) is 3.45. The van der Waals surface area contributed by atoms with Crippen molar-refractivity contribution in [2.24, 2.45) is 7.05 Å². The van der Waals surface area contributed by atoms with E-state index in [1.54, 1.807) is 12.3 Å². The molecule has 0 fully saturated rings. The highest BCUT2D eigenvalue weighted by Gasteiger charge is 2.15. The number of amides is 1. The van der Waals surface area contributed by atoms with Crippen LogP contribution in [0.5, 0.6) is 0 Å². The minimum absolute atomic E-state index is 0.0728. The third-order valence-corrected chi connectivity index (χ3v) is 3.44. The van der Waals surface area contributed by atoms with Crippen molar-refractivity contribution in [2.75, 3.05) is 0 Å². The number of aromatic nitrogens is 1. The average molecular weight is 272 g/mol. The van der Waals surface area contributed by atoms with E-state index < -0.39 is 0 Å². The van der Waals surface area contributed by atoms with E-state index in [2.05, 4.69) is 12.2 Å². The van der Waals surface area contributed by atoms with Crippen LogP contribution >= 0.6 is 0 Å². The van der Waals surface area contributed by atoms with Crippen LogP contribution in [0, 0.1) is 0 Å². The molecule has 4 nitrogen and oxygen atoms in total. The Kier molecular flexibility index (Phi) is 4.23. The molecule has 4 heteroatoms. The number of pyridine rings is 1. The van der Waals surface area contributed by atoms with Gasteiger partial charge in [-0.2, -0.15) is 0 Å². The Morgan fingerprint density at radius 1 is 1.35 bits per heavy atom. The number of carbonyl (C=O) groups is 1. The molecule has 0 aliphatic heterocycles. The van der Waals surface area contributed by atoms with E-state index in [0.29, 0.717) is 5.39 Å². The fourth-order valence-corrected chi connectivity index (χ4v) is 2.41. The molecule has 0 bridgehead atoms. The number of aryl methyl sites for hydroxylation is 1. The first-order valence-electron chi connectivity index (χ1n) is 6.93. The third-order valence-electron chi connectivity index (χ3n) is 3.44. The highest BCUT2D eigenvalue weighted by atomic mass is 16.2. The van der Waals surface area contributed by atoms with Gasteiger partial charge in [0.2, 0.25) is 5.43 Å². The van der Waals surface area contributed by atoms with Gasteiger partial charge in [-0.3, -0.25) is 9.59 Å². The van der Waals surface area contributed by atoms with Gasteiger partial charge in [0.05, 0.1) is 5.52 Å². The van der Waals surface area contributed by atoms with Crippen LogP contribution in [0.4, 0.5) is 0 Å². The summed E-state index contributed by atoms with van der Waals surface area (Å²) in [6, 6.07) is 7.39. The van der Waals surface area contributed by atoms with Gasteiger partial charge in [-0.15, -0.1) is 0 Å². The van der Waals surface area contributed by atoms with Crippen molar-refractivity contribution in [2.45, 2.75) is 32.7 Å². The van der Waals surface area contributed by atoms with E-state index >= 15 is 0 Å². The molecule has 0 saturated heterocycles. The molecule has 1 aromatic carbocycles. The number of carbonyl (C=O) groups excluding carboxylic acids is 1. The largest absolute Gasteiger partial charge is 0.350 e. The molecule has 1 N–H and O–H groups in total. The summed E-state index contributed by atoms with van der Waals surface area (Å²) < 4.78 is 1.82. The van der Waals surface area contributed by atoms with Gasteiger partial charge >= 0.3 is 0 Å². The van der Waals surface area contributed by atoms with Crippen molar-refractivity contribution < 1.29 is 4.79 Å². The predicted molar refractivity (Wildman–Crippen MR) is 81.0 cm³/mol. The second-order valence-electron chi connectivity index (χ2n) is 5.16. The summed E-state index contributed by atoms with van der Waals surface area (Å²) in [4.78, 5) is 24.6. The predicted octanol–water partition coefficient (Wildman–Crippen LogP) is 2.46. The van der Waals surface area contributed by atoms with Crippen molar-refractivity contribution in [3.05, 3.63) is 46.2 Å². The summed E-state index contributed by atoms with van der Waals surface area (Å²) in [5.74, 6) is -0.294. The second kappa shape index (κ2) is 5.90. The molecular weight excluding hydrogens is 252 g/mol. The highest BCUT2D eigenvalue weighted by Crippen LogP contribution is 2.10. The highest BCUT2D eigenvalue weighted by molar-refractivity contribution is 5.97. The lowest BCUT2D eigenvalue weighted by Gasteiger charge is -2.14. The van der Waals surface area contributed by atoms with Crippen molar-refractivity contribution in [3.63, 3.8) is 0 Å². The number of para-hydroxylation sites is 1. The quantitative estimate of drug-likeness (QED) is 0.929. The van der Waals surface area contributed by atoms with Crippen LogP contribution in [0.1, 0.15) is 37.0 Å². The van der Waals surface area contributed by atoms with Crippen LogP contribution in [0.25, 0.3) is 10.9 Å². The van der Waals surface area contributed by atoms with Gasteiger partial charge in [0.15, 0.2) is 0 Å². The van der Waals surface area contributed by atoms with Crippen molar-refractivity contribution in [1.82, 2.24) is 9.88 Å². The van der Waals surface area contributed by atoms with E-state index in [1.807, 2.05) is 36.7 Å². The molecule has 20 heavy (non-hydrogen) atoms. The molecule has 0 radical (unpaired) electrons. The number of nitrogens with zero attached hydrogens (tertiary/aromatic N) is 1. The maximum absolute atomic E-state index is 12.4. The Hall–Kier alpha value is -2.10. The van der Waals surface area contributed by atoms with Crippen LogP contribution < -0.4 is 10.7 Å². The van der Waals surface area contributed by atoms with Gasteiger partial charge in [0.25, 0.3) is 5.91 Å². The first-order chi connectivity index (χ1) is 9.54. The molecule has 106 valence electrons. The van der Waals surface area contributed by atoms with Crippen molar-refractivity contribution in [3.8, 4) is 0 Å². The molecule has 1 atom stereocenters. The van der Waals surface area contributed by atoms with Gasteiger partial charge in [0, 0.05) is 24.7 Å². The van der Waals surface area contributed by atoms with Gasteiger partial charge in [-0.25, -0.2) is 0 Å². The van der Waals surface area contributed by atoms with Crippen molar-refractivity contribution in [1.29, 1.82) is 0 Å². The molecule has 2 aromatic rings. The minimum Gasteiger partial charge on any atom is -0.350 e. The summed E-state index contributed by atoms with van der Waals surface area (Å²) in [6.07, 6.45) is 3.51. The van der Waals surface area contributed by atoms with E-state index in [-0.39, 0.29) is 22.9 Å². The van der Waals surface area contributed by atoms with E-state index in [9.17, 15) is 9.59 Å². The fourth-order valence-electron chi connectivity index (χ4n) is 2.41. The topological polar surface area (TPSA) is 51.1 Å². The van der Waals surface area contributed by atoms with E-state index in [1.165, 1.54) is 0 Å². The molecule has 0 saturated carbocycles. The molecule has 2 rings (SSSR count). The Labute approximate surface area is 118 Å². The lowest BCUT2D eigenvalue weighted by atomic mass is 10.1. The van der Waals surface area contributed by atoms with Crippen LogP contribution in [0.3, 0.4) is 0 Å². The Balaban J connectivity index is 2.43. The van der Waals surface area contributed by atoms with Crippen LogP contribution in [-0.2, 0) is 7.05 Å². The monoisotopic (exact) mass is 272 g/mol. The number of fused-ring (bicyclic) bond motifs is 1. The standard InChI is InChI=1S/C16H20N2O2/c1-4-7-11(2)17-16(20)13-10-18(3)14-9-6-5-8-12(14)15(13)19/h5-6,8-11H,4,7H2,1-3H3,(H,17,20)/t11-/m1/s1. The number of hydrogen-bond donors (Lipinski definition) is 1. The molecule has 0 spiro atoms. The average Bonchev–Trinajstić information content (AvgIpc) is 2.43. The van der Waals surface area contributed by atoms with Crippen LogP contribution in [0.15, 0.2) is 35.3 Å². The number of nitrogens with one attached hydrogen (secondary N) is 1. The van der Waals surface area contributed by atoms with E-state index in [4.69, 9.17) is 0 Å². The Morgan fingerprint density at radius 3 is 2.75 bits per heavy atom. The SMILES string of the molecule is CCC[C@@H](C)NC(=O)c1cn(C)c2ccccc2c1=O. The zero-order valence-corrected chi connectivity index (χ0v) is 12.1. The fraction of sp³-hybridized carbons (Fsp3) is 0.375. The summed E-state index contributed by atoms with van der Waals surface area (Å²) in [6.45, 7) is 4.02. The first-order valence-corrected chi connectivity index (χ1v) is 6.93. The summed E-state index contributed by atoms with van der Waals surface area (Å²) in [5.41, 5.74) is 0.824. The smallest absolute Gasteiger partial charge is 0.256 e. The number of hydrogen-bond acceptors (Lipinski definition) is 2. The Bertz CT molecular complexity index is 688. The van der Waals surface area contributed by atoms with Crippen LogP contribution in [0.2, 0.25) is 0 Å². The van der Waals surface area contributed by atoms with Crippen molar-refractivity contribution >= 4 is 16.8 Å². The Morgan fingerprint density at radius 2 is 2.05 bits per heavy atom. The zero-order valence-electron chi connectivity index (χ0n) is 12.1. The number of rotatable bonds is 4. The lowest BCUT2D eigenvalue weighted by molar-refractivity contribution is 0.0936. The second-order valence-corrected chi connectivity index (χ2v) is 5.16. The van der Waals surface area contributed by atoms with E-state index in [0.717, 1.165) is 18.4 Å². The van der Waals surface area contributed by atoms with Gasteiger partial charge in [0.1, 0.15) is 5.56 Å². The zero-order chi connectivity index (χ0) is 14.7. The third kappa shape index (κ3) is 2.74. The molecule has 0 unspecified atom stereocenters. The molecule has 0 aliphatic carbocycles. The molecule has 0 aliphatic rings.